The van der Waals surface area contributed by atoms with Crippen LogP contribution in [-0.2, 0) is 19.0 Å². The lowest BCUT2D eigenvalue weighted by atomic mass is 9.98. The highest BCUT2D eigenvalue weighted by Crippen LogP contribution is 2.34. The van der Waals surface area contributed by atoms with Crippen LogP contribution < -0.4 is 0 Å². The first-order valence-electron chi connectivity index (χ1n) is 18.7. The van der Waals surface area contributed by atoms with E-state index in [4.69, 9.17) is 14.2 Å². The summed E-state index contributed by atoms with van der Waals surface area (Å²) in [6, 6.07) is 0. The number of cyclic esters (lactones) is 1. The van der Waals surface area contributed by atoms with E-state index in [1.807, 2.05) is 6.92 Å². The zero-order valence-electron chi connectivity index (χ0n) is 28.5. The summed E-state index contributed by atoms with van der Waals surface area (Å²) in [5.74, 6) is -0.315. The third kappa shape index (κ3) is 14.3. The Labute approximate surface area is 273 Å². The van der Waals surface area contributed by atoms with Crippen molar-refractivity contribution in [3.63, 3.8) is 0 Å². The van der Waals surface area contributed by atoms with Gasteiger partial charge in [-0.25, -0.2) is 4.79 Å². The van der Waals surface area contributed by atoms with Crippen molar-refractivity contribution >= 4 is 5.97 Å². The molecule has 0 aromatic heterocycles. The number of unbranched alkanes of at least 4 members (excludes halogenated alkanes) is 12. The highest BCUT2D eigenvalue weighted by atomic mass is 16.6. The van der Waals surface area contributed by atoms with Crippen LogP contribution in [0.3, 0.4) is 0 Å². The largest absolute Gasteiger partial charge is 0.455 e. The second-order valence-corrected chi connectivity index (χ2v) is 14.2. The first-order chi connectivity index (χ1) is 21.8. The molecule has 0 saturated carbocycles. The predicted octanol–water partition coefficient (Wildman–Crippen LogP) is 6.83. The summed E-state index contributed by atoms with van der Waals surface area (Å²) in [6.45, 7) is 4.06. The Morgan fingerprint density at radius 1 is 0.644 bits per heavy atom. The molecule has 3 heterocycles. The third-order valence-electron chi connectivity index (χ3n) is 10.2. The molecule has 3 aliphatic rings. The van der Waals surface area contributed by atoms with Crippen LogP contribution >= 0.6 is 0 Å². The van der Waals surface area contributed by atoms with Crippen LogP contribution in [0.15, 0.2) is 11.6 Å². The second kappa shape index (κ2) is 21.8. The molecule has 0 unspecified atom stereocenters. The van der Waals surface area contributed by atoms with Crippen LogP contribution in [0.4, 0.5) is 0 Å². The van der Waals surface area contributed by atoms with E-state index in [0.29, 0.717) is 24.8 Å². The minimum Gasteiger partial charge on any atom is -0.455 e. The van der Waals surface area contributed by atoms with Gasteiger partial charge in [-0.2, -0.15) is 0 Å². The number of hydrogen-bond donors (Lipinski definition) is 4. The van der Waals surface area contributed by atoms with Gasteiger partial charge in [0.25, 0.3) is 0 Å². The Hall–Kier alpha value is -1.03. The van der Waals surface area contributed by atoms with E-state index >= 15 is 0 Å². The zero-order valence-corrected chi connectivity index (χ0v) is 28.5. The Bertz CT molecular complexity index is 833. The van der Waals surface area contributed by atoms with E-state index in [0.717, 1.165) is 83.5 Å². The molecule has 2 fully saturated rings. The molecule has 9 atom stereocenters. The van der Waals surface area contributed by atoms with Crippen molar-refractivity contribution in [1.29, 1.82) is 0 Å². The normalized spacial score (nSPS) is 27.8. The minimum absolute atomic E-state index is 0.0267. The summed E-state index contributed by atoms with van der Waals surface area (Å²) >= 11 is 0. The molecule has 0 aromatic rings. The average Bonchev–Trinajstić information content (AvgIpc) is 3.78. The smallest absolute Gasteiger partial charge is 0.334 e. The van der Waals surface area contributed by atoms with Crippen molar-refractivity contribution < 1.29 is 39.4 Å². The van der Waals surface area contributed by atoms with Crippen LogP contribution in [-0.4, -0.2) is 81.3 Å². The highest BCUT2D eigenvalue weighted by molar-refractivity contribution is 5.90. The van der Waals surface area contributed by atoms with Crippen LogP contribution in [0.2, 0.25) is 0 Å². The van der Waals surface area contributed by atoms with Crippen molar-refractivity contribution in [3.8, 4) is 0 Å². The lowest BCUT2D eigenvalue weighted by molar-refractivity contribution is -0.139. The van der Waals surface area contributed by atoms with E-state index in [9.17, 15) is 25.2 Å². The number of esters is 1. The molecule has 45 heavy (non-hydrogen) atoms. The van der Waals surface area contributed by atoms with Crippen LogP contribution in [0, 0.1) is 0 Å². The predicted molar refractivity (Wildman–Crippen MR) is 177 cm³/mol. The second-order valence-electron chi connectivity index (χ2n) is 14.2. The summed E-state index contributed by atoms with van der Waals surface area (Å²) in [7, 11) is 0. The fraction of sp³-hybridized carbons (Fsp3) is 0.919. The minimum atomic E-state index is -0.828. The maximum absolute atomic E-state index is 11.7. The Morgan fingerprint density at radius 2 is 1.09 bits per heavy atom. The van der Waals surface area contributed by atoms with Gasteiger partial charge >= 0.3 is 5.97 Å². The van der Waals surface area contributed by atoms with Gasteiger partial charge in [0, 0.05) is 5.57 Å². The quantitative estimate of drug-likeness (QED) is 0.0634. The molecule has 3 aliphatic heterocycles. The molecular formula is C37H66O8. The number of carbonyl (C=O) groups excluding carboxylic acids is 1. The Morgan fingerprint density at radius 3 is 1.56 bits per heavy atom. The van der Waals surface area contributed by atoms with Crippen molar-refractivity contribution in [2.75, 3.05) is 0 Å². The van der Waals surface area contributed by atoms with E-state index < -0.39 is 18.3 Å². The van der Waals surface area contributed by atoms with E-state index in [1.54, 1.807) is 6.08 Å². The van der Waals surface area contributed by atoms with Crippen LogP contribution in [0.25, 0.3) is 0 Å². The number of hydrogen-bond acceptors (Lipinski definition) is 8. The summed E-state index contributed by atoms with van der Waals surface area (Å²) in [4.78, 5) is 11.7. The molecule has 8 heteroatoms. The molecule has 0 amide bonds. The maximum atomic E-state index is 11.7. The zero-order chi connectivity index (χ0) is 32.4. The first kappa shape index (κ1) is 38.4. The maximum Gasteiger partial charge on any atom is 0.334 e. The van der Waals surface area contributed by atoms with Gasteiger partial charge < -0.3 is 34.6 Å². The molecule has 8 nitrogen and oxygen atoms in total. The molecule has 3 rings (SSSR count). The van der Waals surface area contributed by atoms with Crippen molar-refractivity contribution in [3.05, 3.63) is 11.6 Å². The van der Waals surface area contributed by atoms with Crippen LogP contribution in [0.5, 0.6) is 0 Å². The van der Waals surface area contributed by atoms with Crippen molar-refractivity contribution in [2.45, 2.75) is 216 Å². The van der Waals surface area contributed by atoms with Gasteiger partial charge in [0.1, 0.15) is 6.10 Å². The van der Waals surface area contributed by atoms with Gasteiger partial charge in [-0.1, -0.05) is 96.8 Å². The molecular weight excluding hydrogens is 572 g/mol. The average molecular weight is 639 g/mol. The summed E-state index contributed by atoms with van der Waals surface area (Å²) in [6.07, 6.45) is 21.8. The molecule has 0 spiro atoms. The van der Waals surface area contributed by atoms with Gasteiger partial charge in [0.15, 0.2) is 0 Å². The molecule has 0 bridgehead atoms. The fourth-order valence-electron chi connectivity index (χ4n) is 7.27. The summed E-state index contributed by atoms with van der Waals surface area (Å²) < 4.78 is 17.6. The molecule has 2 saturated heterocycles. The standard InChI is InChI=1S/C37H66O8/c1-3-4-5-6-7-8-12-15-18-31(40)33-22-24-35(44-33)36-25-23-34(45-36)32(41)19-16-13-10-9-11-14-17-29(38)30(39)21-20-28-26-27(2)43-37(28)42/h26-27,29-36,38-41H,3-25H2,1-2H3/t27-,29-,30+,31-,32+,33+,34+,35+,36+/m0/s1. The van der Waals surface area contributed by atoms with Gasteiger partial charge in [-0.15, -0.1) is 0 Å². The Kier molecular flexibility index (Phi) is 18.6. The fourth-order valence-corrected chi connectivity index (χ4v) is 7.27. The number of aliphatic hydroxyl groups excluding tert-OH is 4. The van der Waals surface area contributed by atoms with Crippen molar-refractivity contribution in [1.82, 2.24) is 0 Å². The highest BCUT2D eigenvalue weighted by Gasteiger charge is 2.40. The molecule has 0 aromatic carbocycles. The topological polar surface area (TPSA) is 126 Å². The lowest BCUT2D eigenvalue weighted by Gasteiger charge is -2.24. The van der Waals surface area contributed by atoms with Gasteiger partial charge in [0.2, 0.25) is 0 Å². The number of ether oxygens (including phenoxy) is 3. The number of carbonyl (C=O) groups is 1. The van der Waals surface area contributed by atoms with Gasteiger partial charge in [-0.3, -0.25) is 0 Å². The summed E-state index contributed by atoms with van der Waals surface area (Å²) in [5, 5.41) is 42.0. The lowest BCUT2D eigenvalue weighted by Crippen LogP contribution is -2.33. The van der Waals surface area contributed by atoms with E-state index in [-0.39, 0.29) is 42.6 Å². The van der Waals surface area contributed by atoms with Crippen molar-refractivity contribution in [2.24, 2.45) is 0 Å². The molecule has 0 aliphatic carbocycles. The Balaban J connectivity index is 1.15. The molecule has 262 valence electrons. The molecule has 0 radical (unpaired) electrons. The van der Waals surface area contributed by atoms with Gasteiger partial charge in [-0.05, 0) is 70.8 Å². The van der Waals surface area contributed by atoms with E-state index in [2.05, 4.69) is 6.92 Å². The number of aliphatic hydroxyl groups is 4. The third-order valence-corrected chi connectivity index (χ3v) is 10.2. The number of rotatable bonds is 25. The molecule has 4 N–H and O–H groups in total. The van der Waals surface area contributed by atoms with Gasteiger partial charge in [0.05, 0.1) is 48.8 Å². The van der Waals surface area contributed by atoms with E-state index in [1.165, 1.54) is 44.9 Å². The monoisotopic (exact) mass is 638 g/mol. The first-order valence-corrected chi connectivity index (χ1v) is 18.7. The SMILES string of the molecule is CCCCCCCCCC[C@H](O)[C@H]1CC[C@H]([C@H]2CC[C@H]([C@H](O)CCCCCCCC[C@H](O)[C@H](O)CCC3=C[C@H](C)OC3=O)O2)O1. The van der Waals surface area contributed by atoms with Crippen LogP contribution in [0.1, 0.15) is 162 Å². The summed E-state index contributed by atoms with van der Waals surface area (Å²) in [5.41, 5.74) is 0.592.